The summed E-state index contributed by atoms with van der Waals surface area (Å²) in [5, 5.41) is 0.795. The van der Waals surface area contributed by atoms with E-state index in [1.807, 2.05) is 24.3 Å². The molecule has 66 valence electrons. The maximum absolute atomic E-state index is 5.65. The molecule has 0 aliphatic carbocycles. The van der Waals surface area contributed by atoms with E-state index < -0.39 is 0 Å². The minimum Gasteiger partial charge on any atom is -0.383 e. The Balaban J connectivity index is 2.77. The number of rotatable bonds is 1. The smallest absolute Gasteiger partial charge is 0.338 e. The number of hydrogen-bond donors (Lipinski definition) is 2. The van der Waals surface area contributed by atoms with E-state index in [1.54, 1.807) is 0 Å². The molecule has 0 saturated heterocycles. The summed E-state index contributed by atoms with van der Waals surface area (Å²) in [6.07, 6.45) is 0. The van der Waals surface area contributed by atoms with Crippen molar-refractivity contribution in [2.45, 2.75) is 0 Å². The molecular weight excluding hydrogens is 168 g/mol. The summed E-state index contributed by atoms with van der Waals surface area (Å²) in [6, 6.07) is 7.46. The molecular formula is C8H8N4O. The van der Waals surface area contributed by atoms with E-state index in [2.05, 4.69) is 14.8 Å². The van der Waals surface area contributed by atoms with Crippen LogP contribution in [-0.4, -0.2) is 9.97 Å². The predicted molar refractivity (Wildman–Crippen MR) is 48.8 cm³/mol. The fraction of sp³-hybridized carbons (Fsp3) is 0. The number of fused-ring (bicyclic) bond motifs is 1. The van der Waals surface area contributed by atoms with E-state index in [-0.39, 0.29) is 6.01 Å². The molecule has 4 N–H and O–H groups in total. The van der Waals surface area contributed by atoms with Gasteiger partial charge in [-0.05, 0) is 12.1 Å². The van der Waals surface area contributed by atoms with Crippen LogP contribution in [0.2, 0.25) is 0 Å². The highest BCUT2D eigenvalue weighted by Crippen LogP contribution is 2.18. The van der Waals surface area contributed by atoms with E-state index in [1.165, 1.54) is 0 Å². The Hall–Kier alpha value is -1.88. The van der Waals surface area contributed by atoms with Crippen molar-refractivity contribution in [1.82, 2.24) is 9.97 Å². The monoisotopic (exact) mass is 176 g/mol. The van der Waals surface area contributed by atoms with Crippen LogP contribution in [0.1, 0.15) is 0 Å². The van der Waals surface area contributed by atoms with Gasteiger partial charge in [-0.3, -0.25) is 0 Å². The van der Waals surface area contributed by atoms with Crippen molar-refractivity contribution in [3.05, 3.63) is 24.3 Å². The Morgan fingerprint density at radius 1 is 1.15 bits per heavy atom. The number of benzene rings is 1. The molecule has 0 aliphatic heterocycles. The zero-order valence-electron chi connectivity index (χ0n) is 6.77. The number of aromatic nitrogens is 2. The Labute approximate surface area is 74.3 Å². The predicted octanol–water partition coefficient (Wildman–Crippen LogP) is 0.464. The minimum absolute atomic E-state index is 0.0798. The fourth-order valence-electron chi connectivity index (χ4n) is 1.13. The average molecular weight is 176 g/mol. The third-order valence-corrected chi connectivity index (χ3v) is 1.72. The maximum Gasteiger partial charge on any atom is 0.338 e. The van der Waals surface area contributed by atoms with E-state index in [0.29, 0.717) is 5.82 Å². The molecule has 0 aliphatic rings. The number of para-hydroxylation sites is 1. The van der Waals surface area contributed by atoms with Crippen LogP contribution < -0.4 is 16.5 Å². The number of anilines is 1. The lowest BCUT2D eigenvalue weighted by molar-refractivity contribution is 0.308. The van der Waals surface area contributed by atoms with Crippen molar-refractivity contribution in [3.63, 3.8) is 0 Å². The van der Waals surface area contributed by atoms with Gasteiger partial charge < -0.3 is 10.6 Å². The van der Waals surface area contributed by atoms with Gasteiger partial charge in [0, 0.05) is 5.39 Å². The van der Waals surface area contributed by atoms with Gasteiger partial charge in [-0.1, -0.05) is 12.1 Å². The summed E-state index contributed by atoms with van der Waals surface area (Å²) >= 11 is 0. The van der Waals surface area contributed by atoms with Crippen LogP contribution in [0.4, 0.5) is 5.82 Å². The van der Waals surface area contributed by atoms with E-state index >= 15 is 0 Å². The first kappa shape index (κ1) is 7.75. The highest BCUT2D eigenvalue weighted by molar-refractivity contribution is 5.87. The first-order valence-corrected chi connectivity index (χ1v) is 3.70. The molecule has 1 aromatic carbocycles. The van der Waals surface area contributed by atoms with Gasteiger partial charge in [-0.15, -0.1) is 0 Å². The second-order valence-electron chi connectivity index (χ2n) is 2.53. The number of hydrogen-bond acceptors (Lipinski definition) is 5. The molecule has 0 radical (unpaired) electrons. The molecule has 1 aromatic heterocycles. The lowest BCUT2D eigenvalue weighted by atomic mass is 10.2. The van der Waals surface area contributed by atoms with Gasteiger partial charge in [-0.25, -0.2) is 0 Å². The summed E-state index contributed by atoms with van der Waals surface area (Å²) in [5.74, 6) is 5.30. The second-order valence-corrected chi connectivity index (χ2v) is 2.53. The van der Waals surface area contributed by atoms with Crippen LogP contribution in [0, 0.1) is 0 Å². The lowest BCUT2D eigenvalue weighted by Crippen LogP contribution is -2.07. The molecule has 0 amide bonds. The lowest BCUT2D eigenvalue weighted by Gasteiger charge is -2.01. The Kier molecular flexibility index (Phi) is 1.71. The molecule has 1 heterocycles. The molecule has 0 bridgehead atoms. The van der Waals surface area contributed by atoms with Crippen molar-refractivity contribution in [3.8, 4) is 6.01 Å². The van der Waals surface area contributed by atoms with E-state index in [4.69, 9.17) is 11.6 Å². The highest BCUT2D eigenvalue weighted by atomic mass is 16.6. The summed E-state index contributed by atoms with van der Waals surface area (Å²) in [6.45, 7) is 0. The second kappa shape index (κ2) is 2.87. The zero-order chi connectivity index (χ0) is 9.26. The van der Waals surface area contributed by atoms with Crippen molar-refractivity contribution in [1.29, 1.82) is 0 Å². The summed E-state index contributed by atoms with van der Waals surface area (Å²) in [4.78, 5) is 12.3. The van der Waals surface area contributed by atoms with Crippen molar-refractivity contribution < 1.29 is 4.84 Å². The molecule has 0 atom stereocenters. The van der Waals surface area contributed by atoms with Crippen LogP contribution >= 0.6 is 0 Å². The topological polar surface area (TPSA) is 87.0 Å². The summed E-state index contributed by atoms with van der Waals surface area (Å²) in [7, 11) is 0. The van der Waals surface area contributed by atoms with Crippen molar-refractivity contribution in [2.24, 2.45) is 5.90 Å². The fourth-order valence-corrected chi connectivity index (χ4v) is 1.13. The summed E-state index contributed by atoms with van der Waals surface area (Å²) < 4.78 is 0. The van der Waals surface area contributed by atoms with Gasteiger partial charge in [0.05, 0.1) is 5.52 Å². The van der Waals surface area contributed by atoms with Gasteiger partial charge in [0.25, 0.3) is 0 Å². The molecule has 0 saturated carbocycles. The minimum atomic E-state index is 0.0798. The van der Waals surface area contributed by atoms with Gasteiger partial charge in [0.2, 0.25) is 0 Å². The number of nitrogens with two attached hydrogens (primary N) is 2. The van der Waals surface area contributed by atoms with Gasteiger partial charge in [0.1, 0.15) is 5.82 Å². The van der Waals surface area contributed by atoms with Gasteiger partial charge in [0.15, 0.2) is 0 Å². The first-order valence-electron chi connectivity index (χ1n) is 3.70. The molecule has 5 heteroatoms. The molecule has 2 rings (SSSR count). The third kappa shape index (κ3) is 1.25. The molecule has 0 spiro atoms. The van der Waals surface area contributed by atoms with Crippen LogP contribution in [0.3, 0.4) is 0 Å². The summed E-state index contributed by atoms with van der Waals surface area (Å²) in [5.41, 5.74) is 6.36. The van der Waals surface area contributed by atoms with Gasteiger partial charge in [-0.2, -0.15) is 15.9 Å². The largest absolute Gasteiger partial charge is 0.383 e. The van der Waals surface area contributed by atoms with Crippen LogP contribution in [0.25, 0.3) is 10.9 Å². The van der Waals surface area contributed by atoms with Gasteiger partial charge >= 0.3 is 6.01 Å². The number of nitrogen functional groups attached to an aromatic ring is 1. The quantitative estimate of drug-likeness (QED) is 0.616. The normalized spacial score (nSPS) is 10.2. The van der Waals surface area contributed by atoms with Crippen LogP contribution in [0.5, 0.6) is 6.01 Å². The Morgan fingerprint density at radius 3 is 2.69 bits per heavy atom. The van der Waals surface area contributed by atoms with Crippen LogP contribution in [-0.2, 0) is 0 Å². The highest BCUT2D eigenvalue weighted by Gasteiger charge is 2.03. The van der Waals surface area contributed by atoms with Crippen molar-refractivity contribution in [2.75, 3.05) is 5.73 Å². The van der Waals surface area contributed by atoms with Crippen molar-refractivity contribution >= 4 is 16.7 Å². The first-order chi connectivity index (χ1) is 6.31. The Morgan fingerprint density at radius 2 is 1.92 bits per heavy atom. The molecule has 2 aromatic rings. The SMILES string of the molecule is NOc1nc(N)c2ccccc2n1. The third-order valence-electron chi connectivity index (χ3n) is 1.72. The van der Waals surface area contributed by atoms with E-state index in [0.717, 1.165) is 10.9 Å². The molecule has 0 fully saturated rings. The number of nitrogens with zero attached hydrogens (tertiary/aromatic N) is 2. The standard InChI is InChI=1S/C8H8N4O/c9-7-5-3-1-2-4-6(5)11-8(12-7)13-10/h1-4H,10H2,(H2,9,11,12). The average Bonchev–Trinajstić information content (AvgIpc) is 2.18. The molecule has 5 nitrogen and oxygen atoms in total. The Bertz CT molecular complexity index is 443. The molecule has 0 unspecified atom stereocenters. The maximum atomic E-state index is 5.65. The molecule has 13 heavy (non-hydrogen) atoms. The van der Waals surface area contributed by atoms with E-state index in [9.17, 15) is 0 Å². The van der Waals surface area contributed by atoms with Crippen LogP contribution in [0.15, 0.2) is 24.3 Å². The zero-order valence-corrected chi connectivity index (χ0v) is 6.77.